The van der Waals surface area contributed by atoms with Gasteiger partial charge in [-0.2, -0.15) is 0 Å². The highest BCUT2D eigenvalue weighted by molar-refractivity contribution is 8.01. The largest absolute Gasteiger partial charge is 0.480 e. The van der Waals surface area contributed by atoms with Gasteiger partial charge in [-0.05, 0) is 69.0 Å². The molecule has 0 unspecified atom stereocenters. The highest BCUT2D eigenvalue weighted by Gasteiger charge is 2.28. The molecule has 0 aliphatic carbocycles. The molecule has 176 valence electrons. The van der Waals surface area contributed by atoms with Gasteiger partial charge in [0.15, 0.2) is 0 Å². The van der Waals surface area contributed by atoms with E-state index in [1.807, 2.05) is 53.1 Å². The second kappa shape index (κ2) is 10.9. The first-order chi connectivity index (χ1) is 15.7. The van der Waals surface area contributed by atoms with Gasteiger partial charge >= 0.3 is 5.97 Å². The third-order valence-electron chi connectivity index (χ3n) is 5.62. The van der Waals surface area contributed by atoms with Crippen molar-refractivity contribution in [2.75, 3.05) is 11.9 Å². The summed E-state index contributed by atoms with van der Waals surface area (Å²) in [6.45, 7) is 9.10. The number of carbonyl (C=O) groups is 1. The summed E-state index contributed by atoms with van der Waals surface area (Å²) in [4.78, 5) is 30.1. The van der Waals surface area contributed by atoms with Crippen molar-refractivity contribution < 1.29 is 9.90 Å². The van der Waals surface area contributed by atoms with E-state index in [4.69, 9.17) is 4.98 Å². The Hall–Kier alpha value is -2.80. The zero-order chi connectivity index (χ0) is 24.0. The lowest BCUT2D eigenvalue weighted by atomic mass is 10.1. The van der Waals surface area contributed by atoms with E-state index in [1.54, 1.807) is 13.8 Å². The van der Waals surface area contributed by atoms with Gasteiger partial charge in [0.2, 0.25) is 0 Å². The number of para-hydroxylation sites is 1. The van der Waals surface area contributed by atoms with E-state index in [1.165, 1.54) is 11.8 Å². The minimum atomic E-state index is -0.864. The van der Waals surface area contributed by atoms with Crippen molar-refractivity contribution in [1.82, 2.24) is 9.55 Å². The van der Waals surface area contributed by atoms with Crippen LogP contribution < -0.4 is 10.9 Å². The summed E-state index contributed by atoms with van der Waals surface area (Å²) < 4.78 is 0.990. The molecule has 33 heavy (non-hydrogen) atoms. The standard InChI is InChI=1S/C26H33N3O3S/c1-5-8-23-28-22-10-7-6-9-21(22)24(30)29(23)17-18(2)15-16-27-19-11-13-20(14-12-19)33-26(3,4)25(31)32/h6-7,9-14,18,27H,5,8,15-17H2,1-4H3,(H,31,32)/t18-/m1/s1. The topological polar surface area (TPSA) is 84.2 Å². The van der Waals surface area contributed by atoms with E-state index in [0.717, 1.165) is 47.7 Å². The van der Waals surface area contributed by atoms with Gasteiger partial charge in [-0.1, -0.05) is 26.0 Å². The Balaban J connectivity index is 1.60. The van der Waals surface area contributed by atoms with Crippen molar-refractivity contribution in [3.63, 3.8) is 0 Å². The number of carboxylic acids is 1. The molecular weight excluding hydrogens is 434 g/mol. The summed E-state index contributed by atoms with van der Waals surface area (Å²) in [7, 11) is 0. The lowest BCUT2D eigenvalue weighted by Gasteiger charge is -2.19. The molecule has 2 aromatic carbocycles. The maximum Gasteiger partial charge on any atom is 0.319 e. The third-order valence-corrected chi connectivity index (χ3v) is 6.81. The summed E-state index contributed by atoms with van der Waals surface area (Å²) in [5.41, 5.74) is 1.81. The number of nitrogens with one attached hydrogen (secondary N) is 1. The van der Waals surface area contributed by atoms with Crippen LogP contribution in [-0.2, 0) is 17.8 Å². The molecule has 2 N–H and O–H groups in total. The number of hydrogen-bond acceptors (Lipinski definition) is 5. The van der Waals surface area contributed by atoms with Crippen molar-refractivity contribution in [3.05, 3.63) is 64.7 Å². The van der Waals surface area contributed by atoms with Gasteiger partial charge in [0.1, 0.15) is 10.6 Å². The van der Waals surface area contributed by atoms with Crippen LogP contribution in [0.1, 0.15) is 46.4 Å². The van der Waals surface area contributed by atoms with E-state index in [2.05, 4.69) is 19.2 Å². The number of fused-ring (bicyclic) bond motifs is 1. The Kier molecular flexibility index (Phi) is 8.19. The Morgan fingerprint density at radius 2 is 1.88 bits per heavy atom. The molecule has 1 aromatic heterocycles. The Morgan fingerprint density at radius 1 is 1.18 bits per heavy atom. The fourth-order valence-electron chi connectivity index (χ4n) is 3.66. The second-order valence-corrected chi connectivity index (χ2v) is 10.7. The average molecular weight is 468 g/mol. The van der Waals surface area contributed by atoms with Crippen LogP contribution in [0.15, 0.2) is 58.2 Å². The predicted molar refractivity (Wildman–Crippen MR) is 136 cm³/mol. The van der Waals surface area contributed by atoms with Crippen LogP contribution in [0.25, 0.3) is 10.9 Å². The van der Waals surface area contributed by atoms with Gasteiger partial charge in [0.05, 0.1) is 10.9 Å². The van der Waals surface area contributed by atoms with E-state index in [0.29, 0.717) is 17.8 Å². The molecule has 7 heteroatoms. The number of nitrogens with zero attached hydrogens (tertiary/aromatic N) is 2. The van der Waals surface area contributed by atoms with Crippen LogP contribution in [0.3, 0.4) is 0 Å². The molecule has 3 rings (SSSR count). The molecule has 6 nitrogen and oxygen atoms in total. The Morgan fingerprint density at radius 3 is 2.55 bits per heavy atom. The molecule has 0 fully saturated rings. The monoisotopic (exact) mass is 467 g/mol. The molecular formula is C26H33N3O3S. The zero-order valence-electron chi connectivity index (χ0n) is 19.8. The number of aryl methyl sites for hydroxylation is 1. The zero-order valence-corrected chi connectivity index (χ0v) is 20.6. The SMILES string of the molecule is CCCc1nc2ccccc2c(=O)n1C[C@H](C)CCNc1ccc(SC(C)(C)C(=O)O)cc1. The molecule has 0 radical (unpaired) electrons. The third kappa shape index (κ3) is 6.38. The lowest BCUT2D eigenvalue weighted by molar-refractivity contribution is -0.138. The molecule has 0 spiro atoms. The van der Waals surface area contributed by atoms with E-state index in [9.17, 15) is 14.7 Å². The number of rotatable bonds is 11. The van der Waals surface area contributed by atoms with E-state index in [-0.39, 0.29) is 5.56 Å². The summed E-state index contributed by atoms with van der Waals surface area (Å²) in [5, 5.41) is 13.4. The normalized spacial score (nSPS) is 12.6. The van der Waals surface area contributed by atoms with Crippen LogP contribution >= 0.6 is 11.8 Å². The number of anilines is 1. The number of aliphatic carboxylic acids is 1. The van der Waals surface area contributed by atoms with E-state index >= 15 is 0 Å². The van der Waals surface area contributed by atoms with Gasteiger partial charge in [-0.15, -0.1) is 11.8 Å². The average Bonchev–Trinajstić information content (AvgIpc) is 2.77. The van der Waals surface area contributed by atoms with Crippen LogP contribution in [0.5, 0.6) is 0 Å². The molecule has 0 saturated carbocycles. The molecule has 0 amide bonds. The van der Waals surface area contributed by atoms with Gasteiger partial charge in [0.25, 0.3) is 5.56 Å². The second-order valence-electron chi connectivity index (χ2n) is 8.97. The molecule has 0 aliphatic heterocycles. The first-order valence-electron chi connectivity index (χ1n) is 11.5. The van der Waals surface area contributed by atoms with Crippen molar-refractivity contribution in [2.24, 2.45) is 5.92 Å². The predicted octanol–water partition coefficient (Wildman–Crippen LogP) is 5.44. The summed E-state index contributed by atoms with van der Waals surface area (Å²) in [6, 6.07) is 15.4. The smallest absolute Gasteiger partial charge is 0.319 e. The minimum Gasteiger partial charge on any atom is -0.480 e. The summed E-state index contributed by atoms with van der Waals surface area (Å²) in [6.07, 6.45) is 2.64. The number of benzene rings is 2. The first kappa shape index (κ1) is 24.8. The Bertz CT molecular complexity index is 1160. The van der Waals surface area contributed by atoms with Crippen LogP contribution in [0, 0.1) is 5.92 Å². The number of carboxylic acid groups (broad SMARTS) is 1. The number of thioether (sulfide) groups is 1. The quantitative estimate of drug-likeness (QED) is 0.365. The van der Waals surface area contributed by atoms with Crippen molar-refractivity contribution in [1.29, 1.82) is 0 Å². The maximum atomic E-state index is 13.1. The van der Waals surface area contributed by atoms with Crippen LogP contribution in [-0.4, -0.2) is 31.9 Å². The minimum absolute atomic E-state index is 0.0428. The molecule has 1 atom stereocenters. The highest BCUT2D eigenvalue weighted by atomic mass is 32.2. The molecule has 0 aliphatic rings. The van der Waals surface area contributed by atoms with Gasteiger partial charge in [-0.25, -0.2) is 4.98 Å². The maximum absolute atomic E-state index is 13.1. The van der Waals surface area contributed by atoms with Crippen LogP contribution in [0.2, 0.25) is 0 Å². The molecule has 0 saturated heterocycles. The van der Waals surface area contributed by atoms with Gasteiger partial charge < -0.3 is 10.4 Å². The molecule has 1 heterocycles. The fraction of sp³-hybridized carbons (Fsp3) is 0.423. The van der Waals surface area contributed by atoms with Crippen molar-refractivity contribution in [2.45, 2.75) is 63.1 Å². The lowest BCUT2D eigenvalue weighted by Crippen LogP contribution is -2.28. The summed E-state index contributed by atoms with van der Waals surface area (Å²) >= 11 is 1.33. The van der Waals surface area contributed by atoms with Crippen LogP contribution in [0.4, 0.5) is 5.69 Å². The fourth-order valence-corrected chi connectivity index (χ4v) is 4.61. The van der Waals surface area contributed by atoms with E-state index < -0.39 is 10.7 Å². The van der Waals surface area contributed by atoms with Gasteiger partial charge in [-0.3, -0.25) is 14.2 Å². The molecule has 3 aromatic rings. The Labute approximate surface area is 199 Å². The highest BCUT2D eigenvalue weighted by Crippen LogP contribution is 2.33. The number of aromatic nitrogens is 2. The molecule has 0 bridgehead atoms. The van der Waals surface area contributed by atoms with Crippen molar-refractivity contribution >= 4 is 34.3 Å². The summed E-state index contributed by atoms with van der Waals surface area (Å²) in [5.74, 6) is 0.338. The van der Waals surface area contributed by atoms with Crippen molar-refractivity contribution in [3.8, 4) is 0 Å². The first-order valence-corrected chi connectivity index (χ1v) is 12.3. The number of hydrogen-bond donors (Lipinski definition) is 2. The van der Waals surface area contributed by atoms with Gasteiger partial charge in [0, 0.05) is 30.1 Å².